The Balaban J connectivity index is 1.45. The molecule has 0 bridgehead atoms. The van der Waals surface area contributed by atoms with Crippen molar-refractivity contribution in [2.45, 2.75) is 52.4 Å². The lowest BCUT2D eigenvalue weighted by atomic mass is 9.86. The molecule has 0 atom stereocenters. The third-order valence-electron chi connectivity index (χ3n) is 6.93. The van der Waals surface area contributed by atoms with Crippen molar-refractivity contribution in [3.63, 3.8) is 0 Å². The summed E-state index contributed by atoms with van der Waals surface area (Å²) in [6.45, 7) is 13.1. The molecular formula is C32H34N4O2. The van der Waals surface area contributed by atoms with E-state index in [1.807, 2.05) is 60.7 Å². The largest absolute Gasteiger partial charge is 0.411 e. The summed E-state index contributed by atoms with van der Waals surface area (Å²) < 4.78 is 0. The van der Waals surface area contributed by atoms with Crippen LogP contribution in [0, 0.1) is 0 Å². The van der Waals surface area contributed by atoms with Crippen molar-refractivity contribution in [3.05, 3.63) is 96.1 Å². The predicted molar refractivity (Wildman–Crippen MR) is 152 cm³/mol. The van der Waals surface area contributed by atoms with Crippen LogP contribution < -0.4 is 0 Å². The number of hydrogen-bond acceptors (Lipinski definition) is 4. The molecule has 0 radical (unpaired) electrons. The van der Waals surface area contributed by atoms with Gasteiger partial charge in [-0.3, -0.25) is 0 Å². The summed E-state index contributed by atoms with van der Waals surface area (Å²) in [6.07, 6.45) is 0. The fraction of sp³-hybridized carbons (Fsp3) is 0.250. The Morgan fingerprint density at radius 1 is 0.500 bits per heavy atom. The lowest BCUT2D eigenvalue weighted by Gasteiger charge is -2.18. The van der Waals surface area contributed by atoms with E-state index < -0.39 is 0 Å². The highest BCUT2D eigenvalue weighted by Crippen LogP contribution is 2.32. The summed E-state index contributed by atoms with van der Waals surface area (Å²) in [7, 11) is 0. The normalized spacial score (nSPS) is 12.2. The van der Waals surface area contributed by atoms with Gasteiger partial charge >= 0.3 is 0 Å². The summed E-state index contributed by atoms with van der Waals surface area (Å²) in [5, 5.41) is 29.9. The minimum Gasteiger partial charge on any atom is -0.411 e. The first kappa shape index (κ1) is 25.3. The van der Waals surface area contributed by atoms with Gasteiger partial charge < -0.3 is 10.4 Å². The molecule has 0 fully saturated rings. The van der Waals surface area contributed by atoms with Gasteiger partial charge in [0.15, 0.2) is 0 Å². The van der Waals surface area contributed by atoms with E-state index in [0.29, 0.717) is 22.8 Å². The van der Waals surface area contributed by atoms with Gasteiger partial charge in [-0.1, -0.05) is 108 Å². The van der Waals surface area contributed by atoms with Crippen molar-refractivity contribution in [1.29, 1.82) is 0 Å². The van der Waals surface area contributed by atoms with Crippen molar-refractivity contribution in [1.82, 2.24) is 19.9 Å². The Hall–Kier alpha value is -4.32. The summed E-state index contributed by atoms with van der Waals surface area (Å²) in [5.74, 6) is 0. The molecule has 3 aromatic carbocycles. The maximum absolute atomic E-state index is 10.6. The topological polar surface area (TPSA) is 76.1 Å². The van der Waals surface area contributed by atoms with Crippen LogP contribution >= 0.6 is 0 Å². The van der Waals surface area contributed by atoms with Crippen LogP contribution in [0.2, 0.25) is 0 Å². The van der Waals surface area contributed by atoms with Crippen LogP contribution in [-0.4, -0.2) is 30.3 Å². The predicted octanol–water partition coefficient (Wildman–Crippen LogP) is 7.82. The first-order valence-electron chi connectivity index (χ1n) is 12.8. The molecule has 5 rings (SSSR count). The quantitative estimate of drug-likeness (QED) is 0.244. The molecule has 0 amide bonds. The smallest absolute Gasteiger partial charge is 0.110 e. The molecule has 0 saturated heterocycles. The van der Waals surface area contributed by atoms with E-state index in [-0.39, 0.29) is 10.8 Å². The van der Waals surface area contributed by atoms with Gasteiger partial charge in [0.1, 0.15) is 11.4 Å². The summed E-state index contributed by atoms with van der Waals surface area (Å²) >= 11 is 0. The molecule has 194 valence electrons. The van der Waals surface area contributed by atoms with E-state index >= 15 is 0 Å². The average molecular weight is 507 g/mol. The first-order chi connectivity index (χ1) is 17.9. The van der Waals surface area contributed by atoms with Crippen LogP contribution in [0.3, 0.4) is 0 Å². The highest BCUT2D eigenvalue weighted by Gasteiger charge is 2.18. The average Bonchev–Trinajstić information content (AvgIpc) is 3.46. The molecule has 5 aromatic rings. The van der Waals surface area contributed by atoms with Crippen molar-refractivity contribution < 1.29 is 10.4 Å². The fourth-order valence-corrected chi connectivity index (χ4v) is 4.54. The van der Waals surface area contributed by atoms with Gasteiger partial charge in [0.25, 0.3) is 0 Å². The third kappa shape index (κ3) is 4.94. The van der Waals surface area contributed by atoms with Crippen molar-refractivity contribution in [2.75, 3.05) is 0 Å². The molecule has 2 N–H and O–H groups in total. The van der Waals surface area contributed by atoms with Crippen LogP contribution in [0.4, 0.5) is 0 Å². The second-order valence-electron chi connectivity index (χ2n) is 11.8. The number of rotatable bonds is 4. The van der Waals surface area contributed by atoms with Gasteiger partial charge in [0.2, 0.25) is 0 Å². The SMILES string of the molecule is CC(C)(C)c1ccc(-c2cc(-c3cccc(-c4cc(-c5ccc(C(C)(C)C)cc5)nn4O)c3)n(O)n2)cc1. The number of aromatic nitrogens is 4. The van der Waals surface area contributed by atoms with E-state index in [2.05, 4.69) is 76.0 Å². The van der Waals surface area contributed by atoms with Crippen LogP contribution in [0.25, 0.3) is 45.0 Å². The van der Waals surface area contributed by atoms with Crippen molar-refractivity contribution >= 4 is 0 Å². The molecule has 2 heterocycles. The molecule has 6 nitrogen and oxygen atoms in total. The molecule has 0 aliphatic heterocycles. The second-order valence-corrected chi connectivity index (χ2v) is 11.8. The molecular weight excluding hydrogens is 472 g/mol. The van der Waals surface area contributed by atoms with E-state index in [1.165, 1.54) is 11.1 Å². The Morgan fingerprint density at radius 3 is 1.21 bits per heavy atom. The molecule has 0 aliphatic carbocycles. The molecule has 0 unspecified atom stereocenters. The summed E-state index contributed by atoms with van der Waals surface area (Å²) in [4.78, 5) is 1.81. The molecule has 6 heteroatoms. The summed E-state index contributed by atoms with van der Waals surface area (Å²) in [5.41, 5.74) is 8.49. The zero-order chi connectivity index (χ0) is 27.2. The minimum absolute atomic E-state index is 0.0649. The Labute approximate surface area is 223 Å². The van der Waals surface area contributed by atoms with Gasteiger partial charge in [-0.05, 0) is 40.2 Å². The van der Waals surface area contributed by atoms with Crippen molar-refractivity contribution in [3.8, 4) is 45.0 Å². The van der Waals surface area contributed by atoms with Gasteiger partial charge in [-0.15, -0.1) is 19.9 Å². The highest BCUT2D eigenvalue weighted by molar-refractivity contribution is 5.75. The molecule has 0 aliphatic rings. The molecule has 38 heavy (non-hydrogen) atoms. The van der Waals surface area contributed by atoms with Gasteiger partial charge in [-0.25, -0.2) is 0 Å². The molecule has 0 saturated carbocycles. The Morgan fingerprint density at radius 2 is 0.868 bits per heavy atom. The lowest BCUT2D eigenvalue weighted by Crippen LogP contribution is -2.10. The first-order valence-corrected chi connectivity index (χ1v) is 12.8. The fourth-order valence-electron chi connectivity index (χ4n) is 4.54. The van der Waals surface area contributed by atoms with Gasteiger partial charge in [-0.2, -0.15) is 0 Å². The summed E-state index contributed by atoms with van der Waals surface area (Å²) in [6, 6.07) is 27.9. The second kappa shape index (κ2) is 9.21. The number of benzene rings is 3. The van der Waals surface area contributed by atoms with E-state index in [9.17, 15) is 10.4 Å². The van der Waals surface area contributed by atoms with Crippen molar-refractivity contribution in [2.24, 2.45) is 0 Å². The zero-order valence-corrected chi connectivity index (χ0v) is 22.8. The van der Waals surface area contributed by atoms with E-state index in [4.69, 9.17) is 0 Å². The zero-order valence-electron chi connectivity index (χ0n) is 22.8. The third-order valence-corrected chi connectivity index (χ3v) is 6.93. The number of nitrogens with zero attached hydrogens (tertiary/aromatic N) is 4. The maximum atomic E-state index is 10.6. The number of hydrogen-bond donors (Lipinski definition) is 2. The highest BCUT2D eigenvalue weighted by atomic mass is 16.5. The van der Waals surface area contributed by atoms with E-state index in [1.54, 1.807) is 0 Å². The maximum Gasteiger partial charge on any atom is 0.110 e. The Kier molecular flexibility index (Phi) is 6.14. The minimum atomic E-state index is 0.0649. The van der Waals surface area contributed by atoms with Gasteiger partial charge in [0, 0.05) is 22.3 Å². The van der Waals surface area contributed by atoms with Crippen LogP contribution in [0.15, 0.2) is 84.9 Å². The Bertz CT molecular complexity index is 1460. The standard InChI is InChI=1S/C32H34N4O2/c1-31(2,3)25-14-10-21(11-15-25)27-19-29(35(37)33-27)23-8-7-9-24(18-23)30-20-28(34-36(30)38)22-12-16-26(17-13-22)32(4,5)6/h7-20,37-38H,1-6H3. The molecule has 2 aromatic heterocycles. The molecule has 0 spiro atoms. The van der Waals surface area contributed by atoms with Crippen LogP contribution in [0.5, 0.6) is 0 Å². The monoisotopic (exact) mass is 506 g/mol. The van der Waals surface area contributed by atoms with Gasteiger partial charge in [0.05, 0.1) is 11.4 Å². The van der Waals surface area contributed by atoms with Crippen LogP contribution in [0.1, 0.15) is 52.7 Å². The van der Waals surface area contributed by atoms with Crippen LogP contribution in [-0.2, 0) is 10.8 Å². The van der Waals surface area contributed by atoms with E-state index in [0.717, 1.165) is 31.9 Å². The lowest BCUT2D eigenvalue weighted by molar-refractivity contribution is 0.154.